The van der Waals surface area contributed by atoms with Crippen LogP contribution in [0.4, 0.5) is 0 Å². The average Bonchev–Trinajstić information content (AvgIpc) is 2.55. The lowest BCUT2D eigenvalue weighted by molar-refractivity contribution is 1.25. The lowest BCUT2D eigenvalue weighted by Crippen LogP contribution is -1.75. The summed E-state index contributed by atoms with van der Waals surface area (Å²) < 4.78 is 0. The summed E-state index contributed by atoms with van der Waals surface area (Å²) in [7, 11) is 0. The molecule has 0 spiro atoms. The van der Waals surface area contributed by atoms with E-state index < -0.39 is 0 Å². The molecule has 2 aromatic rings. The Kier molecular flexibility index (Phi) is 1.32. The molecule has 0 aliphatic carbocycles. The van der Waals surface area contributed by atoms with Crippen molar-refractivity contribution < 1.29 is 0 Å². The van der Waals surface area contributed by atoms with Gasteiger partial charge in [-0.1, -0.05) is 0 Å². The van der Waals surface area contributed by atoms with Crippen LogP contribution < -0.4 is 0 Å². The lowest BCUT2D eigenvalue weighted by Gasteiger charge is -1.90. The molecule has 2 heterocycles. The third-order valence-electron chi connectivity index (χ3n) is 1.72. The SMILES string of the molecule is Cc1ccc(-c2ccc[nH]2)[nH]1. The van der Waals surface area contributed by atoms with E-state index >= 15 is 0 Å². The third-order valence-corrected chi connectivity index (χ3v) is 1.72. The fraction of sp³-hybridized carbons (Fsp3) is 0.111. The molecule has 2 aromatic heterocycles. The first-order chi connectivity index (χ1) is 5.36. The van der Waals surface area contributed by atoms with Crippen molar-refractivity contribution in [3.63, 3.8) is 0 Å². The molecule has 0 unspecified atom stereocenters. The monoisotopic (exact) mass is 146 g/mol. The van der Waals surface area contributed by atoms with Gasteiger partial charge < -0.3 is 9.97 Å². The van der Waals surface area contributed by atoms with Gasteiger partial charge in [0.1, 0.15) is 0 Å². The summed E-state index contributed by atoms with van der Waals surface area (Å²) in [5, 5.41) is 0. The molecule has 56 valence electrons. The van der Waals surface area contributed by atoms with Gasteiger partial charge in [0, 0.05) is 11.9 Å². The van der Waals surface area contributed by atoms with E-state index in [0.29, 0.717) is 0 Å². The Morgan fingerprint density at radius 3 is 2.55 bits per heavy atom. The zero-order valence-electron chi connectivity index (χ0n) is 6.39. The topological polar surface area (TPSA) is 31.6 Å². The van der Waals surface area contributed by atoms with E-state index in [4.69, 9.17) is 0 Å². The number of nitrogens with one attached hydrogen (secondary N) is 2. The molecule has 2 N–H and O–H groups in total. The number of rotatable bonds is 1. The predicted octanol–water partition coefficient (Wildman–Crippen LogP) is 2.32. The highest BCUT2D eigenvalue weighted by atomic mass is 14.8. The molecule has 0 aromatic carbocycles. The molecular formula is C9H10N2. The van der Waals surface area contributed by atoms with Gasteiger partial charge in [-0.05, 0) is 31.2 Å². The Morgan fingerprint density at radius 2 is 2.00 bits per heavy atom. The van der Waals surface area contributed by atoms with E-state index in [1.807, 2.05) is 25.3 Å². The number of hydrogen-bond acceptors (Lipinski definition) is 0. The molecule has 0 saturated carbocycles. The Balaban J connectivity index is 2.45. The molecule has 0 bridgehead atoms. The molecule has 0 saturated heterocycles. The van der Waals surface area contributed by atoms with Crippen molar-refractivity contribution >= 4 is 0 Å². The first-order valence-corrected chi connectivity index (χ1v) is 3.65. The summed E-state index contributed by atoms with van der Waals surface area (Å²) in [5.41, 5.74) is 3.47. The summed E-state index contributed by atoms with van der Waals surface area (Å²) in [6.07, 6.45) is 1.92. The minimum Gasteiger partial charge on any atom is -0.360 e. The summed E-state index contributed by atoms with van der Waals surface area (Å²) >= 11 is 0. The molecule has 0 atom stereocenters. The van der Waals surface area contributed by atoms with Crippen LogP contribution in [0.3, 0.4) is 0 Å². The molecule has 0 amide bonds. The van der Waals surface area contributed by atoms with Gasteiger partial charge in [0.2, 0.25) is 0 Å². The van der Waals surface area contributed by atoms with Crippen LogP contribution in [0.15, 0.2) is 30.5 Å². The third kappa shape index (κ3) is 1.07. The standard InChI is InChI=1S/C9H10N2/c1-7-4-5-9(11-7)8-3-2-6-10-8/h2-6,10-11H,1H3. The van der Waals surface area contributed by atoms with Crippen molar-refractivity contribution in [3.05, 3.63) is 36.2 Å². The molecule has 2 nitrogen and oxygen atoms in total. The van der Waals surface area contributed by atoms with Gasteiger partial charge in [0.25, 0.3) is 0 Å². The van der Waals surface area contributed by atoms with Crippen LogP contribution >= 0.6 is 0 Å². The number of aromatic amines is 2. The number of hydrogen-bond donors (Lipinski definition) is 2. The maximum Gasteiger partial charge on any atom is 0.0621 e. The molecule has 0 fully saturated rings. The van der Waals surface area contributed by atoms with Crippen molar-refractivity contribution in [1.82, 2.24) is 9.97 Å². The second kappa shape index (κ2) is 2.31. The number of aromatic nitrogens is 2. The second-order valence-corrected chi connectivity index (χ2v) is 2.64. The quantitative estimate of drug-likeness (QED) is 0.618. The van der Waals surface area contributed by atoms with E-state index in [2.05, 4.69) is 22.1 Å². The van der Waals surface area contributed by atoms with E-state index in [0.717, 1.165) is 11.4 Å². The van der Waals surface area contributed by atoms with Gasteiger partial charge in [-0.25, -0.2) is 0 Å². The minimum atomic E-state index is 1.14. The summed E-state index contributed by atoms with van der Waals surface area (Å²) in [5.74, 6) is 0. The van der Waals surface area contributed by atoms with Crippen LogP contribution in [0.2, 0.25) is 0 Å². The van der Waals surface area contributed by atoms with Gasteiger partial charge in [-0.15, -0.1) is 0 Å². The highest BCUT2D eigenvalue weighted by Crippen LogP contribution is 2.14. The van der Waals surface area contributed by atoms with Crippen molar-refractivity contribution in [3.8, 4) is 11.4 Å². The maximum absolute atomic E-state index is 3.25. The van der Waals surface area contributed by atoms with E-state index in [9.17, 15) is 0 Å². The number of aryl methyl sites for hydroxylation is 1. The first kappa shape index (κ1) is 6.28. The van der Waals surface area contributed by atoms with Crippen LogP contribution in [0.25, 0.3) is 11.4 Å². The molecule has 11 heavy (non-hydrogen) atoms. The second-order valence-electron chi connectivity index (χ2n) is 2.64. The van der Waals surface area contributed by atoms with E-state index in [1.54, 1.807) is 0 Å². The van der Waals surface area contributed by atoms with Crippen LogP contribution in [0, 0.1) is 6.92 Å². The highest BCUT2D eigenvalue weighted by Gasteiger charge is 1.97. The predicted molar refractivity (Wildman–Crippen MR) is 45.3 cm³/mol. The zero-order valence-corrected chi connectivity index (χ0v) is 6.39. The summed E-state index contributed by atoms with van der Waals surface area (Å²) in [6, 6.07) is 8.17. The molecule has 0 aliphatic heterocycles. The van der Waals surface area contributed by atoms with Crippen LogP contribution in [-0.2, 0) is 0 Å². The fourth-order valence-corrected chi connectivity index (χ4v) is 1.16. The Bertz CT molecular complexity index is 330. The van der Waals surface area contributed by atoms with Gasteiger partial charge in [-0.2, -0.15) is 0 Å². The van der Waals surface area contributed by atoms with Gasteiger partial charge in [-0.3, -0.25) is 0 Å². The van der Waals surface area contributed by atoms with Crippen LogP contribution in [0.5, 0.6) is 0 Å². The van der Waals surface area contributed by atoms with Gasteiger partial charge in [0.15, 0.2) is 0 Å². The Morgan fingerprint density at radius 1 is 1.09 bits per heavy atom. The van der Waals surface area contributed by atoms with Crippen molar-refractivity contribution in [2.75, 3.05) is 0 Å². The number of H-pyrrole nitrogens is 2. The maximum atomic E-state index is 3.25. The van der Waals surface area contributed by atoms with Crippen molar-refractivity contribution in [1.29, 1.82) is 0 Å². The Labute approximate surface area is 65.3 Å². The molecule has 2 heteroatoms. The largest absolute Gasteiger partial charge is 0.360 e. The minimum absolute atomic E-state index is 1.14. The normalized spacial score (nSPS) is 10.3. The molecular weight excluding hydrogens is 136 g/mol. The Hall–Kier alpha value is -1.44. The van der Waals surface area contributed by atoms with Crippen LogP contribution in [0.1, 0.15) is 5.69 Å². The van der Waals surface area contributed by atoms with E-state index in [1.165, 1.54) is 5.69 Å². The van der Waals surface area contributed by atoms with Gasteiger partial charge in [0.05, 0.1) is 11.4 Å². The highest BCUT2D eigenvalue weighted by molar-refractivity contribution is 5.54. The van der Waals surface area contributed by atoms with Gasteiger partial charge >= 0.3 is 0 Å². The van der Waals surface area contributed by atoms with Crippen LogP contribution in [-0.4, -0.2) is 9.97 Å². The summed E-state index contributed by atoms with van der Waals surface area (Å²) in [6.45, 7) is 2.05. The zero-order chi connectivity index (χ0) is 7.68. The molecule has 0 radical (unpaired) electrons. The smallest absolute Gasteiger partial charge is 0.0621 e. The van der Waals surface area contributed by atoms with Crippen molar-refractivity contribution in [2.45, 2.75) is 6.92 Å². The fourth-order valence-electron chi connectivity index (χ4n) is 1.16. The summed E-state index contributed by atoms with van der Waals surface area (Å²) in [4.78, 5) is 6.38. The lowest BCUT2D eigenvalue weighted by atomic mass is 10.3. The average molecular weight is 146 g/mol. The van der Waals surface area contributed by atoms with Crippen molar-refractivity contribution in [2.24, 2.45) is 0 Å². The van der Waals surface area contributed by atoms with E-state index in [-0.39, 0.29) is 0 Å². The first-order valence-electron chi connectivity index (χ1n) is 3.65. The molecule has 2 rings (SSSR count). The molecule has 0 aliphatic rings.